The summed E-state index contributed by atoms with van der Waals surface area (Å²) in [7, 11) is 1.52. The van der Waals surface area contributed by atoms with Crippen molar-refractivity contribution in [1.82, 2.24) is 0 Å². The van der Waals surface area contributed by atoms with Gasteiger partial charge < -0.3 is 9.64 Å². The van der Waals surface area contributed by atoms with Crippen LogP contribution in [-0.4, -0.2) is 19.6 Å². The van der Waals surface area contributed by atoms with Gasteiger partial charge in [0, 0.05) is 24.4 Å². The lowest BCUT2D eigenvalue weighted by molar-refractivity contribution is 0.0993. The minimum Gasteiger partial charge on any atom is -0.494 e. The minimum atomic E-state index is -0.983. The number of benzene rings is 2. The van der Waals surface area contributed by atoms with E-state index < -0.39 is 11.6 Å². The number of nitrogens with zero attached hydrogens (tertiary/aromatic N) is 1. The van der Waals surface area contributed by atoms with Crippen LogP contribution in [0.1, 0.15) is 36.5 Å². The summed E-state index contributed by atoms with van der Waals surface area (Å²) in [6.45, 7) is 2.78. The second-order valence-electron chi connectivity index (χ2n) is 5.54. The highest BCUT2D eigenvalue weighted by Gasteiger charge is 2.15. The molecule has 0 spiro atoms. The van der Waals surface area contributed by atoms with Gasteiger partial charge in [-0.15, -0.1) is 0 Å². The predicted octanol–water partition coefficient (Wildman–Crippen LogP) is 4.81. The van der Waals surface area contributed by atoms with Crippen LogP contribution in [0.3, 0.4) is 0 Å². The van der Waals surface area contributed by atoms with E-state index in [1.807, 2.05) is 0 Å². The van der Waals surface area contributed by atoms with Crippen molar-refractivity contribution in [1.29, 1.82) is 0 Å². The molecule has 0 atom stereocenters. The minimum absolute atomic E-state index is 0.291. The first-order chi connectivity index (χ1) is 11.5. The molecule has 0 radical (unpaired) electrons. The third-order valence-corrected chi connectivity index (χ3v) is 3.71. The van der Waals surface area contributed by atoms with Crippen molar-refractivity contribution in [3.8, 4) is 5.75 Å². The summed E-state index contributed by atoms with van der Waals surface area (Å²) in [5.41, 5.74) is 0.738. The summed E-state index contributed by atoms with van der Waals surface area (Å²) < 4.78 is 31.9. The van der Waals surface area contributed by atoms with Crippen molar-refractivity contribution >= 4 is 11.6 Å². The standard InChI is InChI=1S/C19H21F2NO2/c1-3-4-5-12-24-16-9-6-14(7-10-16)19(23)22(2)15-8-11-17(20)18(21)13-15/h6-11,13H,3-5,12H2,1-2H3. The first kappa shape index (κ1) is 17.9. The van der Waals surface area contributed by atoms with Crippen molar-refractivity contribution in [2.45, 2.75) is 26.2 Å². The largest absolute Gasteiger partial charge is 0.494 e. The van der Waals surface area contributed by atoms with Crippen LogP contribution in [0.15, 0.2) is 42.5 Å². The Morgan fingerprint density at radius 2 is 1.75 bits per heavy atom. The van der Waals surface area contributed by atoms with Crippen LogP contribution in [0.5, 0.6) is 5.75 Å². The quantitative estimate of drug-likeness (QED) is 0.681. The Balaban J connectivity index is 2.02. The van der Waals surface area contributed by atoms with Crippen LogP contribution < -0.4 is 9.64 Å². The number of rotatable bonds is 7. The highest BCUT2D eigenvalue weighted by Crippen LogP contribution is 2.20. The smallest absolute Gasteiger partial charge is 0.258 e. The van der Waals surface area contributed by atoms with Gasteiger partial charge in [-0.1, -0.05) is 19.8 Å². The van der Waals surface area contributed by atoms with Gasteiger partial charge in [-0.25, -0.2) is 8.78 Å². The summed E-state index contributed by atoms with van der Waals surface area (Å²) in [5.74, 6) is -1.52. The molecule has 0 aromatic heterocycles. The molecule has 0 aliphatic carbocycles. The number of carbonyl (C=O) groups excluding carboxylic acids is 1. The Morgan fingerprint density at radius 3 is 2.38 bits per heavy atom. The maximum Gasteiger partial charge on any atom is 0.258 e. The van der Waals surface area contributed by atoms with E-state index in [2.05, 4.69) is 6.92 Å². The van der Waals surface area contributed by atoms with Gasteiger partial charge in [-0.05, 0) is 42.8 Å². The van der Waals surface area contributed by atoms with Crippen molar-refractivity contribution in [2.75, 3.05) is 18.6 Å². The van der Waals surface area contributed by atoms with Crippen LogP contribution in [0.4, 0.5) is 14.5 Å². The van der Waals surface area contributed by atoms with Crippen LogP contribution in [0.25, 0.3) is 0 Å². The molecule has 2 aromatic rings. The van der Waals surface area contributed by atoms with E-state index in [4.69, 9.17) is 4.74 Å². The van der Waals surface area contributed by atoms with Crippen molar-refractivity contribution < 1.29 is 18.3 Å². The Bertz CT molecular complexity index is 686. The monoisotopic (exact) mass is 333 g/mol. The summed E-state index contributed by atoms with van der Waals surface area (Å²) >= 11 is 0. The van der Waals surface area contributed by atoms with E-state index in [-0.39, 0.29) is 5.91 Å². The molecule has 0 fully saturated rings. The summed E-state index contributed by atoms with van der Waals surface area (Å²) in [6.07, 6.45) is 3.25. The van der Waals surface area contributed by atoms with Gasteiger partial charge in [0.1, 0.15) is 5.75 Å². The molecule has 2 aromatic carbocycles. The number of halogens is 2. The second-order valence-corrected chi connectivity index (χ2v) is 5.54. The van der Waals surface area contributed by atoms with E-state index in [1.165, 1.54) is 18.0 Å². The predicted molar refractivity (Wildman–Crippen MR) is 90.6 cm³/mol. The zero-order chi connectivity index (χ0) is 17.5. The van der Waals surface area contributed by atoms with Crippen molar-refractivity contribution in [2.24, 2.45) is 0 Å². The molecule has 1 amide bonds. The molecule has 24 heavy (non-hydrogen) atoms. The molecule has 0 aliphatic rings. The number of ether oxygens (including phenoxy) is 1. The Morgan fingerprint density at radius 1 is 1.04 bits per heavy atom. The maximum atomic E-state index is 13.3. The lowest BCUT2D eigenvalue weighted by atomic mass is 10.1. The third kappa shape index (κ3) is 4.54. The van der Waals surface area contributed by atoms with Crippen molar-refractivity contribution in [3.05, 3.63) is 59.7 Å². The SMILES string of the molecule is CCCCCOc1ccc(C(=O)N(C)c2ccc(F)c(F)c2)cc1. The fraction of sp³-hybridized carbons (Fsp3) is 0.316. The molecular weight excluding hydrogens is 312 g/mol. The third-order valence-electron chi connectivity index (χ3n) is 3.71. The molecule has 3 nitrogen and oxygen atoms in total. The first-order valence-corrected chi connectivity index (χ1v) is 7.99. The molecular formula is C19H21F2NO2. The number of unbranched alkanes of at least 4 members (excludes halogenated alkanes) is 2. The molecule has 2 rings (SSSR count). The van der Waals surface area contributed by atoms with E-state index >= 15 is 0 Å². The van der Waals surface area contributed by atoms with Crippen LogP contribution in [0.2, 0.25) is 0 Å². The van der Waals surface area contributed by atoms with Crippen LogP contribution in [-0.2, 0) is 0 Å². The summed E-state index contributed by atoms with van der Waals surface area (Å²) in [4.78, 5) is 13.7. The molecule has 0 aliphatic heterocycles. The number of carbonyl (C=O) groups is 1. The number of hydrogen-bond donors (Lipinski definition) is 0. The summed E-state index contributed by atoms with van der Waals surface area (Å²) in [5, 5.41) is 0. The lowest BCUT2D eigenvalue weighted by Gasteiger charge is -2.18. The normalized spacial score (nSPS) is 10.5. The van der Waals surface area contributed by atoms with E-state index in [0.29, 0.717) is 23.6 Å². The van der Waals surface area contributed by atoms with E-state index in [0.717, 1.165) is 31.4 Å². The molecule has 0 heterocycles. The summed E-state index contributed by atoms with van der Waals surface area (Å²) in [6, 6.07) is 10.2. The Hall–Kier alpha value is -2.43. The Kier molecular flexibility index (Phi) is 6.29. The van der Waals surface area contributed by atoms with Gasteiger partial charge in [-0.2, -0.15) is 0 Å². The van der Waals surface area contributed by atoms with Gasteiger partial charge in [0.05, 0.1) is 6.61 Å². The topological polar surface area (TPSA) is 29.5 Å². The van der Waals surface area contributed by atoms with Gasteiger partial charge in [0.25, 0.3) is 5.91 Å². The number of amides is 1. The molecule has 5 heteroatoms. The molecule has 0 N–H and O–H groups in total. The van der Waals surface area contributed by atoms with Gasteiger partial charge in [0.2, 0.25) is 0 Å². The molecule has 0 bridgehead atoms. The molecule has 0 unspecified atom stereocenters. The van der Waals surface area contributed by atoms with Crippen molar-refractivity contribution in [3.63, 3.8) is 0 Å². The fourth-order valence-electron chi connectivity index (χ4n) is 2.24. The molecule has 0 saturated heterocycles. The van der Waals surface area contributed by atoms with Gasteiger partial charge in [-0.3, -0.25) is 4.79 Å². The van der Waals surface area contributed by atoms with Gasteiger partial charge >= 0.3 is 0 Å². The van der Waals surface area contributed by atoms with Gasteiger partial charge in [0.15, 0.2) is 11.6 Å². The first-order valence-electron chi connectivity index (χ1n) is 7.99. The second kappa shape index (κ2) is 8.43. The van der Waals surface area contributed by atoms with E-state index in [1.54, 1.807) is 24.3 Å². The average molecular weight is 333 g/mol. The highest BCUT2D eigenvalue weighted by atomic mass is 19.2. The van der Waals surface area contributed by atoms with Crippen LogP contribution in [0, 0.1) is 11.6 Å². The number of hydrogen-bond acceptors (Lipinski definition) is 2. The fourth-order valence-corrected chi connectivity index (χ4v) is 2.24. The molecule has 128 valence electrons. The highest BCUT2D eigenvalue weighted by molar-refractivity contribution is 6.05. The average Bonchev–Trinajstić information content (AvgIpc) is 2.60. The molecule has 0 saturated carbocycles. The Labute approximate surface area is 140 Å². The van der Waals surface area contributed by atoms with E-state index in [9.17, 15) is 13.6 Å². The number of anilines is 1. The zero-order valence-corrected chi connectivity index (χ0v) is 13.9. The zero-order valence-electron chi connectivity index (χ0n) is 13.9. The van der Waals surface area contributed by atoms with Crippen LogP contribution >= 0.6 is 0 Å². The lowest BCUT2D eigenvalue weighted by Crippen LogP contribution is -2.26. The maximum absolute atomic E-state index is 13.3.